The number of thioether (sulfide) groups is 1. The molecule has 2 N–H and O–H groups in total. The van der Waals surface area contributed by atoms with E-state index in [0.29, 0.717) is 5.92 Å². The molecule has 0 aliphatic carbocycles. The van der Waals surface area contributed by atoms with Crippen LogP contribution in [0.2, 0.25) is 0 Å². The summed E-state index contributed by atoms with van der Waals surface area (Å²) in [4.78, 5) is 15.5. The SMILES string of the molecule is COCCN1CCC(CNC(=O)Nc2ccccc2SC)C1. The molecule has 1 aromatic carbocycles. The molecule has 0 aromatic heterocycles. The van der Waals surface area contributed by atoms with Crippen LogP contribution in [0, 0.1) is 5.92 Å². The van der Waals surface area contributed by atoms with E-state index in [-0.39, 0.29) is 6.03 Å². The minimum absolute atomic E-state index is 0.128. The molecule has 0 bridgehead atoms. The van der Waals surface area contributed by atoms with Gasteiger partial charge in [0, 0.05) is 31.6 Å². The van der Waals surface area contributed by atoms with E-state index in [0.717, 1.165) is 49.8 Å². The molecule has 0 saturated carbocycles. The van der Waals surface area contributed by atoms with Crippen LogP contribution in [0.25, 0.3) is 0 Å². The third-order valence-corrected chi connectivity index (χ3v) is 4.68. The highest BCUT2D eigenvalue weighted by Crippen LogP contribution is 2.24. The Labute approximate surface area is 136 Å². The number of methoxy groups -OCH3 is 1. The highest BCUT2D eigenvalue weighted by Gasteiger charge is 2.22. The molecule has 5 nitrogen and oxygen atoms in total. The normalized spacial score (nSPS) is 18.4. The topological polar surface area (TPSA) is 53.6 Å². The molecule has 2 amide bonds. The fourth-order valence-corrected chi connectivity index (χ4v) is 3.21. The van der Waals surface area contributed by atoms with Crippen molar-refractivity contribution < 1.29 is 9.53 Å². The standard InChI is InChI=1S/C16H25N3O2S/c1-21-10-9-19-8-7-13(12-19)11-17-16(20)18-14-5-3-4-6-15(14)22-2/h3-6,13H,7-12H2,1-2H3,(H2,17,18,20). The number of anilines is 1. The van der Waals surface area contributed by atoms with Crippen molar-refractivity contribution in [2.45, 2.75) is 11.3 Å². The molecule has 1 aliphatic heterocycles. The monoisotopic (exact) mass is 323 g/mol. The van der Waals surface area contributed by atoms with E-state index in [1.54, 1.807) is 18.9 Å². The van der Waals surface area contributed by atoms with Gasteiger partial charge in [-0.3, -0.25) is 0 Å². The van der Waals surface area contributed by atoms with Gasteiger partial charge in [0.1, 0.15) is 0 Å². The number of carbonyl (C=O) groups is 1. The van der Waals surface area contributed by atoms with Gasteiger partial charge in [0.2, 0.25) is 0 Å². The minimum atomic E-state index is -0.128. The average molecular weight is 323 g/mol. The van der Waals surface area contributed by atoms with Crippen LogP contribution >= 0.6 is 11.8 Å². The van der Waals surface area contributed by atoms with Crippen LogP contribution in [-0.4, -0.2) is 57.1 Å². The second kappa shape index (κ2) is 9.02. The van der Waals surface area contributed by atoms with Crippen molar-refractivity contribution in [2.75, 3.05) is 51.5 Å². The van der Waals surface area contributed by atoms with Gasteiger partial charge in [-0.15, -0.1) is 11.8 Å². The number of urea groups is 1. The van der Waals surface area contributed by atoms with Crippen molar-refractivity contribution in [1.82, 2.24) is 10.2 Å². The largest absolute Gasteiger partial charge is 0.383 e. The maximum Gasteiger partial charge on any atom is 0.319 e. The van der Waals surface area contributed by atoms with E-state index < -0.39 is 0 Å². The van der Waals surface area contributed by atoms with Crippen LogP contribution < -0.4 is 10.6 Å². The lowest BCUT2D eigenvalue weighted by molar-refractivity contribution is 0.159. The Morgan fingerprint density at radius 2 is 2.27 bits per heavy atom. The molecule has 2 rings (SSSR count). The summed E-state index contributed by atoms with van der Waals surface area (Å²) in [6.07, 6.45) is 3.14. The maximum absolute atomic E-state index is 12.0. The summed E-state index contributed by atoms with van der Waals surface area (Å²) in [7, 11) is 1.73. The predicted molar refractivity (Wildman–Crippen MR) is 91.7 cm³/mol. The second-order valence-electron chi connectivity index (χ2n) is 5.48. The van der Waals surface area contributed by atoms with Crippen LogP contribution in [0.5, 0.6) is 0 Å². The highest BCUT2D eigenvalue weighted by molar-refractivity contribution is 7.98. The summed E-state index contributed by atoms with van der Waals surface area (Å²) in [5.74, 6) is 0.526. The van der Waals surface area contributed by atoms with Crippen LogP contribution in [0.1, 0.15) is 6.42 Å². The van der Waals surface area contributed by atoms with E-state index in [9.17, 15) is 4.79 Å². The van der Waals surface area contributed by atoms with Crippen LogP contribution in [0.4, 0.5) is 10.5 Å². The number of ether oxygens (including phenoxy) is 1. The van der Waals surface area contributed by atoms with E-state index in [1.807, 2.05) is 30.5 Å². The molecule has 1 heterocycles. The quantitative estimate of drug-likeness (QED) is 0.757. The van der Waals surface area contributed by atoms with Gasteiger partial charge < -0.3 is 20.3 Å². The first-order valence-corrected chi connectivity index (χ1v) is 8.84. The molecule has 1 atom stereocenters. The Hall–Kier alpha value is -1.24. The third kappa shape index (κ3) is 5.19. The Morgan fingerprint density at radius 1 is 1.45 bits per heavy atom. The van der Waals surface area contributed by atoms with Gasteiger partial charge in [-0.2, -0.15) is 0 Å². The lowest BCUT2D eigenvalue weighted by Gasteiger charge is -2.16. The fourth-order valence-electron chi connectivity index (χ4n) is 2.65. The molecule has 0 radical (unpaired) electrons. The zero-order valence-corrected chi connectivity index (χ0v) is 14.1. The molecule has 1 saturated heterocycles. The molecule has 122 valence electrons. The predicted octanol–water partition coefficient (Wildman–Crippen LogP) is 2.50. The summed E-state index contributed by atoms with van der Waals surface area (Å²) in [5, 5.41) is 5.91. The first-order valence-electron chi connectivity index (χ1n) is 7.62. The van der Waals surface area contributed by atoms with Gasteiger partial charge in [0.25, 0.3) is 0 Å². The molecule has 1 fully saturated rings. The van der Waals surface area contributed by atoms with Crippen molar-refractivity contribution >= 4 is 23.5 Å². The Kier molecular flexibility index (Phi) is 7.02. The van der Waals surface area contributed by atoms with Gasteiger partial charge in [-0.25, -0.2) is 4.79 Å². The maximum atomic E-state index is 12.0. The number of nitrogens with zero attached hydrogens (tertiary/aromatic N) is 1. The van der Waals surface area contributed by atoms with E-state index in [4.69, 9.17) is 4.74 Å². The molecule has 22 heavy (non-hydrogen) atoms. The first-order chi connectivity index (χ1) is 10.7. The summed E-state index contributed by atoms with van der Waals surface area (Å²) in [6, 6.07) is 7.71. The Bertz CT molecular complexity index is 484. The van der Waals surface area contributed by atoms with Crippen LogP contribution in [-0.2, 0) is 4.74 Å². The molecule has 0 spiro atoms. The zero-order chi connectivity index (χ0) is 15.8. The molecule has 1 unspecified atom stereocenters. The van der Waals surface area contributed by atoms with E-state index in [2.05, 4.69) is 15.5 Å². The summed E-state index contributed by atoms with van der Waals surface area (Å²) >= 11 is 1.63. The summed E-state index contributed by atoms with van der Waals surface area (Å²) in [6.45, 7) is 4.58. The summed E-state index contributed by atoms with van der Waals surface area (Å²) in [5.41, 5.74) is 0.862. The van der Waals surface area contributed by atoms with E-state index in [1.165, 1.54) is 0 Å². The molecular weight excluding hydrogens is 298 g/mol. The van der Waals surface area contributed by atoms with Crippen molar-refractivity contribution in [3.8, 4) is 0 Å². The third-order valence-electron chi connectivity index (χ3n) is 3.89. The first kappa shape index (κ1) is 17.1. The van der Waals surface area contributed by atoms with Crippen LogP contribution in [0.15, 0.2) is 29.2 Å². The molecule has 6 heteroatoms. The van der Waals surface area contributed by atoms with Gasteiger partial charge in [0.05, 0.1) is 12.3 Å². The average Bonchev–Trinajstić information content (AvgIpc) is 2.99. The molecular formula is C16H25N3O2S. The van der Waals surface area contributed by atoms with Crippen molar-refractivity contribution in [3.05, 3.63) is 24.3 Å². The lowest BCUT2D eigenvalue weighted by atomic mass is 10.1. The van der Waals surface area contributed by atoms with Gasteiger partial charge >= 0.3 is 6.03 Å². The number of hydrogen-bond donors (Lipinski definition) is 2. The van der Waals surface area contributed by atoms with Gasteiger partial charge in [-0.05, 0) is 37.3 Å². The van der Waals surface area contributed by atoms with Gasteiger partial charge in [0.15, 0.2) is 0 Å². The number of nitrogens with one attached hydrogen (secondary N) is 2. The molecule has 1 aromatic rings. The number of para-hydroxylation sites is 1. The highest BCUT2D eigenvalue weighted by atomic mass is 32.2. The fraction of sp³-hybridized carbons (Fsp3) is 0.562. The number of rotatable bonds is 7. The lowest BCUT2D eigenvalue weighted by Crippen LogP contribution is -2.34. The van der Waals surface area contributed by atoms with E-state index >= 15 is 0 Å². The Balaban J connectivity index is 1.72. The summed E-state index contributed by atoms with van der Waals surface area (Å²) < 4.78 is 5.10. The van der Waals surface area contributed by atoms with Crippen molar-refractivity contribution in [2.24, 2.45) is 5.92 Å². The zero-order valence-electron chi connectivity index (χ0n) is 13.3. The number of carbonyl (C=O) groups excluding carboxylic acids is 1. The van der Waals surface area contributed by atoms with Crippen molar-refractivity contribution in [3.63, 3.8) is 0 Å². The number of hydrogen-bond acceptors (Lipinski definition) is 4. The smallest absolute Gasteiger partial charge is 0.319 e. The van der Waals surface area contributed by atoms with Crippen LogP contribution in [0.3, 0.4) is 0 Å². The number of amides is 2. The van der Waals surface area contributed by atoms with Gasteiger partial charge in [-0.1, -0.05) is 12.1 Å². The minimum Gasteiger partial charge on any atom is -0.383 e. The second-order valence-corrected chi connectivity index (χ2v) is 6.33. The number of benzene rings is 1. The Morgan fingerprint density at radius 3 is 3.05 bits per heavy atom. The van der Waals surface area contributed by atoms with Crippen molar-refractivity contribution in [1.29, 1.82) is 0 Å². The molecule has 1 aliphatic rings. The number of likely N-dealkylation sites (tertiary alicyclic amines) is 1.